The van der Waals surface area contributed by atoms with Crippen molar-refractivity contribution in [3.63, 3.8) is 0 Å². The zero-order valence-corrected chi connectivity index (χ0v) is 12.9. The van der Waals surface area contributed by atoms with Gasteiger partial charge in [-0.15, -0.1) is 0 Å². The Bertz CT molecular complexity index is 468. The van der Waals surface area contributed by atoms with Gasteiger partial charge in [0.15, 0.2) is 0 Å². The van der Waals surface area contributed by atoms with Crippen LogP contribution in [0.15, 0.2) is 18.2 Å². The summed E-state index contributed by atoms with van der Waals surface area (Å²) in [6.45, 7) is 7.02. The zero-order valence-electron chi connectivity index (χ0n) is 12.9. The lowest BCUT2D eigenvalue weighted by Crippen LogP contribution is -2.21. The van der Waals surface area contributed by atoms with Crippen LogP contribution in [-0.2, 0) is 0 Å². The number of benzene rings is 1. The van der Waals surface area contributed by atoms with Gasteiger partial charge in [-0.25, -0.2) is 0 Å². The number of nitrogens with two attached hydrogens (primary N) is 1. The molecule has 1 aliphatic carbocycles. The Morgan fingerprint density at radius 3 is 2.80 bits per heavy atom. The summed E-state index contributed by atoms with van der Waals surface area (Å²) in [4.78, 5) is 2.55. The Morgan fingerprint density at radius 2 is 2.10 bits per heavy atom. The fraction of sp³-hybridized carbons (Fsp3) is 0.667. The Hall–Kier alpha value is -1.18. The van der Waals surface area contributed by atoms with Crippen molar-refractivity contribution < 1.29 is 0 Å². The standard InChI is InChI=1S/C18H28N2/c1-13-4-3-5-16(13)11-15-8-9-20(12-15)17-6-7-18(19)14(2)10-17/h6-7,10,13,15-16H,3-5,8-9,11-12,19H2,1-2H3/t13-,15?,16?/m0/s1. The molecule has 1 heterocycles. The summed E-state index contributed by atoms with van der Waals surface area (Å²) in [6.07, 6.45) is 7.20. The summed E-state index contributed by atoms with van der Waals surface area (Å²) >= 11 is 0. The third kappa shape index (κ3) is 2.79. The molecule has 1 aromatic carbocycles. The Labute approximate surface area is 123 Å². The van der Waals surface area contributed by atoms with E-state index >= 15 is 0 Å². The van der Waals surface area contributed by atoms with E-state index in [0.717, 1.165) is 23.4 Å². The molecule has 2 heteroatoms. The van der Waals surface area contributed by atoms with E-state index in [1.165, 1.54) is 56.4 Å². The molecule has 2 N–H and O–H groups in total. The topological polar surface area (TPSA) is 29.3 Å². The number of hydrogen-bond acceptors (Lipinski definition) is 2. The molecule has 1 aromatic rings. The molecular formula is C18H28N2. The van der Waals surface area contributed by atoms with Gasteiger partial charge in [-0.3, -0.25) is 0 Å². The average molecular weight is 272 g/mol. The van der Waals surface area contributed by atoms with Crippen molar-refractivity contribution in [2.75, 3.05) is 23.7 Å². The molecule has 2 fully saturated rings. The summed E-state index contributed by atoms with van der Waals surface area (Å²) in [5.41, 5.74) is 9.39. The van der Waals surface area contributed by atoms with E-state index in [1.54, 1.807) is 0 Å². The first kappa shape index (κ1) is 13.8. The predicted molar refractivity (Wildman–Crippen MR) is 87.0 cm³/mol. The van der Waals surface area contributed by atoms with Gasteiger partial charge in [-0.2, -0.15) is 0 Å². The smallest absolute Gasteiger partial charge is 0.0370 e. The third-order valence-corrected chi connectivity index (χ3v) is 5.58. The second kappa shape index (κ2) is 5.67. The maximum atomic E-state index is 5.92. The lowest BCUT2D eigenvalue weighted by Gasteiger charge is -2.22. The van der Waals surface area contributed by atoms with Crippen LogP contribution in [-0.4, -0.2) is 13.1 Å². The Balaban J connectivity index is 1.60. The lowest BCUT2D eigenvalue weighted by atomic mass is 9.87. The molecule has 0 radical (unpaired) electrons. The Morgan fingerprint density at radius 1 is 1.25 bits per heavy atom. The highest BCUT2D eigenvalue weighted by molar-refractivity contribution is 5.58. The summed E-state index contributed by atoms with van der Waals surface area (Å²) in [6, 6.07) is 6.48. The average Bonchev–Trinajstić information content (AvgIpc) is 3.04. The highest BCUT2D eigenvalue weighted by Crippen LogP contribution is 2.38. The molecule has 1 aliphatic heterocycles. The minimum Gasteiger partial charge on any atom is -0.399 e. The number of nitrogen functional groups attached to an aromatic ring is 1. The SMILES string of the molecule is Cc1cc(N2CCC(CC3CCC[C@@H]3C)C2)ccc1N. The van der Waals surface area contributed by atoms with Crippen LogP contribution in [0.1, 0.15) is 44.6 Å². The molecule has 0 aromatic heterocycles. The van der Waals surface area contributed by atoms with Gasteiger partial charge in [0, 0.05) is 24.5 Å². The van der Waals surface area contributed by atoms with Gasteiger partial charge < -0.3 is 10.6 Å². The molecule has 1 saturated heterocycles. The van der Waals surface area contributed by atoms with Crippen molar-refractivity contribution in [1.82, 2.24) is 0 Å². The number of anilines is 2. The van der Waals surface area contributed by atoms with E-state index in [2.05, 4.69) is 36.9 Å². The first-order valence-corrected chi connectivity index (χ1v) is 8.24. The summed E-state index contributed by atoms with van der Waals surface area (Å²) in [5, 5.41) is 0. The quantitative estimate of drug-likeness (QED) is 0.834. The van der Waals surface area contributed by atoms with Crippen molar-refractivity contribution >= 4 is 11.4 Å². The molecule has 3 rings (SSSR count). The summed E-state index contributed by atoms with van der Waals surface area (Å²) in [7, 11) is 0. The van der Waals surface area contributed by atoms with Crippen LogP contribution in [0, 0.1) is 24.7 Å². The first-order valence-electron chi connectivity index (χ1n) is 8.24. The first-order chi connectivity index (χ1) is 9.63. The van der Waals surface area contributed by atoms with Gasteiger partial charge in [0.2, 0.25) is 0 Å². The highest BCUT2D eigenvalue weighted by Gasteiger charge is 2.30. The van der Waals surface area contributed by atoms with Crippen molar-refractivity contribution in [3.05, 3.63) is 23.8 Å². The number of nitrogens with zero attached hydrogens (tertiary/aromatic N) is 1. The van der Waals surface area contributed by atoms with Gasteiger partial charge in [0.1, 0.15) is 0 Å². The predicted octanol–water partition coefficient (Wildman–Crippen LogP) is 4.23. The summed E-state index contributed by atoms with van der Waals surface area (Å²) < 4.78 is 0. The van der Waals surface area contributed by atoms with Crippen LogP contribution >= 0.6 is 0 Å². The minimum atomic E-state index is 0.901. The minimum absolute atomic E-state index is 0.901. The second-order valence-corrected chi connectivity index (χ2v) is 7.05. The summed E-state index contributed by atoms with van der Waals surface area (Å²) in [5.74, 6) is 2.86. The van der Waals surface area contributed by atoms with E-state index < -0.39 is 0 Å². The van der Waals surface area contributed by atoms with Crippen molar-refractivity contribution in [2.45, 2.75) is 46.0 Å². The van der Waals surface area contributed by atoms with E-state index in [4.69, 9.17) is 5.73 Å². The van der Waals surface area contributed by atoms with Gasteiger partial charge in [-0.1, -0.05) is 26.2 Å². The molecule has 3 atom stereocenters. The maximum Gasteiger partial charge on any atom is 0.0370 e. The fourth-order valence-corrected chi connectivity index (χ4v) is 4.12. The fourth-order valence-electron chi connectivity index (χ4n) is 4.12. The number of rotatable bonds is 3. The van der Waals surface area contributed by atoms with Crippen LogP contribution in [0.25, 0.3) is 0 Å². The molecule has 0 bridgehead atoms. The molecule has 110 valence electrons. The number of hydrogen-bond donors (Lipinski definition) is 1. The maximum absolute atomic E-state index is 5.92. The molecule has 2 aliphatic rings. The van der Waals surface area contributed by atoms with Crippen LogP contribution < -0.4 is 10.6 Å². The molecule has 0 spiro atoms. The van der Waals surface area contributed by atoms with Crippen molar-refractivity contribution in [2.24, 2.45) is 17.8 Å². The number of aryl methyl sites for hydroxylation is 1. The van der Waals surface area contributed by atoms with E-state index in [0.29, 0.717) is 0 Å². The normalized spacial score (nSPS) is 30.1. The largest absolute Gasteiger partial charge is 0.399 e. The molecule has 2 unspecified atom stereocenters. The van der Waals surface area contributed by atoms with E-state index in [-0.39, 0.29) is 0 Å². The monoisotopic (exact) mass is 272 g/mol. The van der Waals surface area contributed by atoms with Crippen molar-refractivity contribution in [3.8, 4) is 0 Å². The van der Waals surface area contributed by atoms with Crippen LogP contribution in [0.5, 0.6) is 0 Å². The molecule has 1 saturated carbocycles. The molecule has 20 heavy (non-hydrogen) atoms. The van der Waals surface area contributed by atoms with Gasteiger partial charge >= 0.3 is 0 Å². The highest BCUT2D eigenvalue weighted by atomic mass is 15.1. The molecule has 2 nitrogen and oxygen atoms in total. The van der Waals surface area contributed by atoms with E-state index in [9.17, 15) is 0 Å². The van der Waals surface area contributed by atoms with Crippen LogP contribution in [0.2, 0.25) is 0 Å². The Kier molecular flexibility index (Phi) is 3.91. The van der Waals surface area contributed by atoms with E-state index in [1.807, 2.05) is 0 Å². The second-order valence-electron chi connectivity index (χ2n) is 7.05. The zero-order chi connectivity index (χ0) is 14.1. The van der Waals surface area contributed by atoms with Crippen LogP contribution in [0.3, 0.4) is 0 Å². The van der Waals surface area contributed by atoms with Gasteiger partial charge in [-0.05, 0) is 61.3 Å². The van der Waals surface area contributed by atoms with Gasteiger partial charge in [0.05, 0.1) is 0 Å². The van der Waals surface area contributed by atoms with Crippen molar-refractivity contribution in [1.29, 1.82) is 0 Å². The van der Waals surface area contributed by atoms with Gasteiger partial charge in [0.25, 0.3) is 0 Å². The lowest BCUT2D eigenvalue weighted by molar-refractivity contribution is 0.331. The molecule has 0 amide bonds. The van der Waals surface area contributed by atoms with Crippen LogP contribution in [0.4, 0.5) is 11.4 Å². The third-order valence-electron chi connectivity index (χ3n) is 5.58. The molecular weight excluding hydrogens is 244 g/mol.